The molecule has 1 fully saturated rings. The second-order valence-electron chi connectivity index (χ2n) is 5.62. The lowest BCUT2D eigenvalue weighted by Crippen LogP contribution is -2.46. The molecule has 5 N–H and O–H groups in total. The van der Waals surface area contributed by atoms with Gasteiger partial charge in [-0.15, -0.1) is 12.4 Å². The monoisotopic (exact) mass is 354 g/mol. The van der Waals surface area contributed by atoms with Crippen LogP contribution in [0.1, 0.15) is 33.6 Å². The van der Waals surface area contributed by atoms with Gasteiger partial charge in [0.2, 0.25) is 11.8 Å². The maximum absolute atomic E-state index is 12.6. The first-order valence-electron chi connectivity index (χ1n) is 7.70. The summed E-state index contributed by atoms with van der Waals surface area (Å²) in [6.45, 7) is 1.79. The van der Waals surface area contributed by atoms with Crippen molar-refractivity contribution in [3.8, 4) is 0 Å². The van der Waals surface area contributed by atoms with E-state index in [0.717, 1.165) is 12.8 Å². The standard InChI is InChI=1S/C16H22N4O3.ClH/c17-6-7-19-15(22)13-5-2-8-20(10-13)16(23)12-4-1-3-11(9-12)14(18)21;/h1,3-4,9,13H,2,5-8,10,17H2,(H2,18,21)(H,19,22);1H. The normalized spacial score (nSPS) is 16.9. The summed E-state index contributed by atoms with van der Waals surface area (Å²) >= 11 is 0. The van der Waals surface area contributed by atoms with Gasteiger partial charge >= 0.3 is 0 Å². The molecule has 0 radical (unpaired) electrons. The minimum atomic E-state index is -0.572. The number of amides is 3. The van der Waals surface area contributed by atoms with Crippen molar-refractivity contribution in [2.75, 3.05) is 26.2 Å². The maximum atomic E-state index is 12.6. The molecule has 1 unspecified atom stereocenters. The Balaban J connectivity index is 0.00000288. The van der Waals surface area contributed by atoms with Crippen molar-refractivity contribution in [1.82, 2.24) is 10.2 Å². The number of piperidine rings is 1. The Hall–Kier alpha value is -2.12. The number of carbonyl (C=O) groups is 3. The van der Waals surface area contributed by atoms with Crippen LogP contribution in [0.2, 0.25) is 0 Å². The molecule has 1 saturated heterocycles. The Morgan fingerprint density at radius 3 is 2.62 bits per heavy atom. The quantitative estimate of drug-likeness (QED) is 0.696. The highest BCUT2D eigenvalue weighted by Gasteiger charge is 2.28. The first kappa shape index (κ1) is 19.9. The number of benzene rings is 1. The summed E-state index contributed by atoms with van der Waals surface area (Å²) < 4.78 is 0. The SMILES string of the molecule is Cl.NCCNC(=O)C1CCCN(C(=O)c2cccc(C(N)=O)c2)C1. The van der Waals surface area contributed by atoms with Gasteiger partial charge in [-0.25, -0.2) is 0 Å². The van der Waals surface area contributed by atoms with Crippen LogP contribution in [0.25, 0.3) is 0 Å². The van der Waals surface area contributed by atoms with E-state index in [2.05, 4.69) is 5.32 Å². The van der Waals surface area contributed by atoms with Gasteiger partial charge in [0.25, 0.3) is 5.91 Å². The zero-order valence-corrected chi connectivity index (χ0v) is 14.2. The van der Waals surface area contributed by atoms with Crippen molar-refractivity contribution >= 4 is 30.1 Å². The van der Waals surface area contributed by atoms with Gasteiger partial charge < -0.3 is 21.7 Å². The van der Waals surface area contributed by atoms with Crippen LogP contribution in [0.5, 0.6) is 0 Å². The van der Waals surface area contributed by atoms with E-state index in [1.165, 1.54) is 6.07 Å². The number of likely N-dealkylation sites (tertiary alicyclic amines) is 1. The van der Waals surface area contributed by atoms with Crippen molar-refractivity contribution in [3.63, 3.8) is 0 Å². The van der Waals surface area contributed by atoms with Crippen molar-refractivity contribution < 1.29 is 14.4 Å². The number of nitrogens with two attached hydrogens (primary N) is 2. The first-order valence-corrected chi connectivity index (χ1v) is 7.70. The van der Waals surface area contributed by atoms with Gasteiger partial charge in [0.1, 0.15) is 0 Å². The summed E-state index contributed by atoms with van der Waals surface area (Å²) in [5, 5.41) is 2.76. The summed E-state index contributed by atoms with van der Waals surface area (Å²) in [4.78, 5) is 37.5. The van der Waals surface area contributed by atoms with Crippen LogP contribution in [0.15, 0.2) is 24.3 Å². The number of halogens is 1. The second-order valence-corrected chi connectivity index (χ2v) is 5.62. The number of hydrogen-bond donors (Lipinski definition) is 3. The third kappa shape index (κ3) is 4.94. The summed E-state index contributed by atoms with van der Waals surface area (Å²) in [6, 6.07) is 6.33. The fraction of sp³-hybridized carbons (Fsp3) is 0.438. The molecule has 1 aliphatic rings. The van der Waals surface area contributed by atoms with Crippen LogP contribution in [0.3, 0.4) is 0 Å². The average molecular weight is 355 g/mol. The smallest absolute Gasteiger partial charge is 0.253 e. The van der Waals surface area contributed by atoms with E-state index < -0.39 is 5.91 Å². The van der Waals surface area contributed by atoms with Gasteiger partial charge in [0.15, 0.2) is 0 Å². The van der Waals surface area contributed by atoms with Gasteiger partial charge in [-0.1, -0.05) is 6.07 Å². The lowest BCUT2D eigenvalue weighted by Gasteiger charge is -2.32. The third-order valence-corrected chi connectivity index (χ3v) is 3.92. The van der Waals surface area contributed by atoms with Crippen LogP contribution >= 0.6 is 12.4 Å². The molecule has 8 heteroatoms. The Morgan fingerprint density at radius 2 is 1.96 bits per heavy atom. The van der Waals surface area contributed by atoms with E-state index in [9.17, 15) is 14.4 Å². The van der Waals surface area contributed by atoms with Crippen molar-refractivity contribution in [2.24, 2.45) is 17.4 Å². The number of rotatable bonds is 5. The highest BCUT2D eigenvalue weighted by Crippen LogP contribution is 2.19. The van der Waals surface area contributed by atoms with Crippen LogP contribution in [0.4, 0.5) is 0 Å². The van der Waals surface area contributed by atoms with E-state index in [4.69, 9.17) is 11.5 Å². The van der Waals surface area contributed by atoms with Gasteiger partial charge in [-0.05, 0) is 31.0 Å². The average Bonchev–Trinajstić information content (AvgIpc) is 2.59. The lowest BCUT2D eigenvalue weighted by atomic mass is 9.96. The second kappa shape index (κ2) is 9.24. The molecule has 0 bridgehead atoms. The van der Waals surface area contributed by atoms with Gasteiger partial charge in [0, 0.05) is 37.3 Å². The van der Waals surface area contributed by atoms with Crippen LogP contribution < -0.4 is 16.8 Å². The predicted molar refractivity (Wildman–Crippen MR) is 92.9 cm³/mol. The molecule has 0 aliphatic carbocycles. The van der Waals surface area contributed by atoms with E-state index in [0.29, 0.717) is 37.3 Å². The molecular weight excluding hydrogens is 332 g/mol. The minimum Gasteiger partial charge on any atom is -0.366 e. The molecule has 1 aromatic carbocycles. The van der Waals surface area contributed by atoms with Gasteiger partial charge in [0.05, 0.1) is 5.92 Å². The van der Waals surface area contributed by atoms with Gasteiger partial charge in [-0.3, -0.25) is 14.4 Å². The first-order chi connectivity index (χ1) is 11.0. The van der Waals surface area contributed by atoms with Crippen molar-refractivity contribution in [2.45, 2.75) is 12.8 Å². The minimum absolute atomic E-state index is 0. The number of primary amides is 1. The summed E-state index contributed by atoms with van der Waals surface area (Å²) in [6.07, 6.45) is 1.52. The van der Waals surface area contributed by atoms with Gasteiger partial charge in [-0.2, -0.15) is 0 Å². The van der Waals surface area contributed by atoms with Crippen LogP contribution in [0, 0.1) is 5.92 Å². The van der Waals surface area contributed by atoms with E-state index >= 15 is 0 Å². The molecule has 1 atom stereocenters. The maximum Gasteiger partial charge on any atom is 0.253 e. The van der Waals surface area contributed by atoms with E-state index in [1.807, 2.05) is 0 Å². The Morgan fingerprint density at radius 1 is 1.25 bits per heavy atom. The molecule has 24 heavy (non-hydrogen) atoms. The third-order valence-electron chi connectivity index (χ3n) is 3.92. The molecule has 2 rings (SSSR count). The number of hydrogen-bond acceptors (Lipinski definition) is 4. The zero-order chi connectivity index (χ0) is 16.8. The zero-order valence-electron chi connectivity index (χ0n) is 13.4. The largest absolute Gasteiger partial charge is 0.366 e. The molecule has 1 aromatic rings. The lowest BCUT2D eigenvalue weighted by molar-refractivity contribution is -0.126. The fourth-order valence-corrected chi connectivity index (χ4v) is 2.70. The van der Waals surface area contributed by atoms with E-state index in [-0.39, 0.29) is 30.1 Å². The molecule has 1 heterocycles. The molecule has 0 spiro atoms. The molecular formula is C16H23ClN4O3. The molecule has 0 saturated carbocycles. The predicted octanol–water partition coefficient (Wildman–Crippen LogP) is 0.134. The van der Waals surface area contributed by atoms with Crippen molar-refractivity contribution in [3.05, 3.63) is 35.4 Å². The molecule has 132 valence electrons. The topological polar surface area (TPSA) is 119 Å². The summed E-state index contributed by atoms with van der Waals surface area (Å²) in [5.74, 6) is -1.06. The molecule has 0 aromatic heterocycles. The Bertz CT molecular complexity index is 609. The summed E-state index contributed by atoms with van der Waals surface area (Å²) in [5.41, 5.74) is 11.3. The number of carbonyl (C=O) groups excluding carboxylic acids is 3. The van der Waals surface area contributed by atoms with Crippen LogP contribution in [-0.2, 0) is 4.79 Å². The van der Waals surface area contributed by atoms with Crippen molar-refractivity contribution in [1.29, 1.82) is 0 Å². The number of nitrogens with one attached hydrogen (secondary N) is 1. The highest BCUT2D eigenvalue weighted by molar-refractivity contribution is 5.99. The highest BCUT2D eigenvalue weighted by atomic mass is 35.5. The van der Waals surface area contributed by atoms with E-state index in [1.54, 1.807) is 23.1 Å². The van der Waals surface area contributed by atoms with Crippen LogP contribution in [-0.4, -0.2) is 48.8 Å². The fourth-order valence-electron chi connectivity index (χ4n) is 2.70. The summed E-state index contributed by atoms with van der Waals surface area (Å²) in [7, 11) is 0. The molecule has 7 nitrogen and oxygen atoms in total. The Labute approximate surface area is 147 Å². The Kier molecular flexibility index (Phi) is 7.67. The number of nitrogens with zero attached hydrogens (tertiary/aromatic N) is 1. The molecule has 1 aliphatic heterocycles. The molecule has 3 amide bonds.